The third kappa shape index (κ3) is 3.15. The highest BCUT2D eigenvalue weighted by molar-refractivity contribution is 7.36. The first-order chi connectivity index (χ1) is 3.18. The average molecular weight is 155 g/mol. The summed E-state index contributed by atoms with van der Waals surface area (Å²) in [5.74, 6) is 0. The van der Waals surface area contributed by atoms with Crippen LogP contribution in [0.5, 0.6) is 0 Å². The van der Waals surface area contributed by atoms with Gasteiger partial charge < -0.3 is 0 Å². The predicted molar refractivity (Wildman–Crippen MR) is 38.3 cm³/mol. The predicted octanol–water partition coefficient (Wildman–Crippen LogP) is 2.19. The Labute approximate surface area is 55.1 Å². The van der Waals surface area contributed by atoms with E-state index in [1.54, 1.807) is 0 Å². The van der Waals surface area contributed by atoms with Gasteiger partial charge in [0.1, 0.15) is 0 Å². The van der Waals surface area contributed by atoms with Gasteiger partial charge in [-0.1, -0.05) is 12.1 Å². The molecule has 0 fully saturated rings. The second-order valence-corrected chi connectivity index (χ2v) is 6.02. The number of hydrogen-bond acceptors (Lipinski definition) is 0. The van der Waals surface area contributed by atoms with Crippen LogP contribution in [0.3, 0.4) is 0 Å². The number of hydrogen-bond donors (Lipinski definition) is 0. The second-order valence-electron chi connectivity index (χ2n) is 1.31. The zero-order chi connectivity index (χ0) is 5.86. The van der Waals surface area contributed by atoms with Crippen LogP contribution in [0.25, 0.3) is 0 Å². The van der Waals surface area contributed by atoms with E-state index in [0.29, 0.717) is 0 Å². The summed E-state index contributed by atoms with van der Waals surface area (Å²) in [5, 5.41) is 1.02. The van der Waals surface area contributed by atoms with E-state index in [1.165, 1.54) is 0 Å². The summed E-state index contributed by atoms with van der Waals surface area (Å²) in [6.07, 6.45) is 0.921. The maximum Gasteiger partial charge on any atom is 0.262 e. The van der Waals surface area contributed by atoms with Crippen molar-refractivity contribution in [2.75, 3.05) is 0 Å². The fraction of sp³-hybridized carbons (Fsp3) is 0.500. The van der Waals surface area contributed by atoms with Crippen LogP contribution in [0.15, 0.2) is 11.8 Å². The molecule has 0 aromatic rings. The maximum atomic E-state index is 5.53. The summed E-state index contributed by atoms with van der Waals surface area (Å²) < 4.78 is 0. The minimum absolute atomic E-state index is 0.921. The summed E-state index contributed by atoms with van der Waals surface area (Å²) >= 11 is 11.1. The number of rotatable bonds is 2. The van der Waals surface area contributed by atoms with Crippen molar-refractivity contribution in [1.29, 1.82) is 0 Å². The molecule has 0 aliphatic carbocycles. The molecule has 0 radical (unpaired) electrons. The molecule has 0 spiro atoms. The van der Waals surface area contributed by atoms with E-state index >= 15 is 0 Å². The SMILES string of the molecule is C=C(CC)[SiH](Cl)Cl. The van der Waals surface area contributed by atoms with Crippen LogP contribution in [0.4, 0.5) is 0 Å². The molecule has 0 aromatic carbocycles. The van der Waals surface area contributed by atoms with E-state index in [0.717, 1.165) is 11.6 Å². The first kappa shape index (κ1) is 7.54. The summed E-state index contributed by atoms with van der Waals surface area (Å²) in [4.78, 5) is 0. The molecule has 0 amide bonds. The monoisotopic (exact) mass is 154 g/mol. The van der Waals surface area contributed by atoms with E-state index in [-0.39, 0.29) is 0 Å². The maximum absolute atomic E-state index is 5.53. The molecule has 0 unspecified atom stereocenters. The molecule has 0 aliphatic rings. The Morgan fingerprint density at radius 2 is 2.14 bits per heavy atom. The fourth-order valence-electron chi connectivity index (χ4n) is 0.154. The molecular formula is C4H8Cl2Si. The normalized spacial score (nSPS) is 9.71. The third-order valence-electron chi connectivity index (χ3n) is 0.763. The van der Waals surface area contributed by atoms with Crippen molar-refractivity contribution in [3.8, 4) is 0 Å². The molecular weight excluding hydrogens is 147 g/mol. The van der Waals surface area contributed by atoms with Gasteiger partial charge in [-0.3, -0.25) is 0 Å². The Morgan fingerprint density at radius 1 is 1.71 bits per heavy atom. The first-order valence-electron chi connectivity index (χ1n) is 2.14. The van der Waals surface area contributed by atoms with Gasteiger partial charge >= 0.3 is 0 Å². The van der Waals surface area contributed by atoms with Crippen LogP contribution in [-0.4, -0.2) is 7.42 Å². The Balaban J connectivity index is 3.35. The second kappa shape index (κ2) is 3.53. The number of halogens is 2. The van der Waals surface area contributed by atoms with E-state index in [2.05, 4.69) is 6.58 Å². The van der Waals surface area contributed by atoms with E-state index in [4.69, 9.17) is 22.2 Å². The molecule has 0 rings (SSSR count). The molecule has 0 aliphatic heterocycles. The molecule has 0 heterocycles. The lowest BCUT2D eigenvalue weighted by molar-refractivity contribution is 1.20. The van der Waals surface area contributed by atoms with Gasteiger partial charge in [0.05, 0.1) is 0 Å². The van der Waals surface area contributed by atoms with Crippen molar-refractivity contribution in [3.63, 3.8) is 0 Å². The quantitative estimate of drug-likeness (QED) is 0.423. The largest absolute Gasteiger partial charge is 0.262 e. The van der Waals surface area contributed by atoms with Crippen LogP contribution in [0.2, 0.25) is 0 Å². The van der Waals surface area contributed by atoms with Gasteiger partial charge in [0, 0.05) is 0 Å². The van der Waals surface area contributed by atoms with Crippen molar-refractivity contribution >= 4 is 29.6 Å². The van der Waals surface area contributed by atoms with E-state index < -0.39 is 7.42 Å². The summed E-state index contributed by atoms with van der Waals surface area (Å²) in [6.45, 7) is 5.68. The van der Waals surface area contributed by atoms with Crippen molar-refractivity contribution in [3.05, 3.63) is 11.8 Å². The highest BCUT2D eigenvalue weighted by atomic mass is 35.7. The minimum atomic E-state index is -1.51. The van der Waals surface area contributed by atoms with Crippen molar-refractivity contribution in [2.45, 2.75) is 13.3 Å². The molecule has 0 bridgehead atoms. The molecule has 0 atom stereocenters. The summed E-state index contributed by atoms with van der Waals surface area (Å²) in [7, 11) is -1.51. The lowest BCUT2D eigenvalue weighted by Crippen LogP contribution is -1.94. The molecule has 0 aromatic heterocycles. The smallest absolute Gasteiger partial charge is 0.145 e. The van der Waals surface area contributed by atoms with Gasteiger partial charge in [-0.25, -0.2) is 0 Å². The highest BCUT2D eigenvalue weighted by Crippen LogP contribution is 2.09. The van der Waals surface area contributed by atoms with Crippen LogP contribution in [-0.2, 0) is 0 Å². The first-order valence-corrected chi connectivity index (χ1v) is 6.21. The van der Waals surface area contributed by atoms with Gasteiger partial charge in [0.25, 0.3) is 7.42 Å². The van der Waals surface area contributed by atoms with E-state index in [1.807, 2.05) is 6.92 Å². The Kier molecular flexibility index (Phi) is 3.80. The van der Waals surface area contributed by atoms with Gasteiger partial charge in [0.2, 0.25) is 0 Å². The molecule has 7 heavy (non-hydrogen) atoms. The van der Waals surface area contributed by atoms with E-state index in [9.17, 15) is 0 Å². The van der Waals surface area contributed by atoms with Crippen molar-refractivity contribution < 1.29 is 0 Å². The minimum Gasteiger partial charge on any atom is -0.145 e. The van der Waals surface area contributed by atoms with Crippen LogP contribution in [0, 0.1) is 0 Å². The third-order valence-corrected chi connectivity index (χ3v) is 3.64. The summed E-state index contributed by atoms with van der Waals surface area (Å²) in [5.41, 5.74) is 0. The van der Waals surface area contributed by atoms with Gasteiger partial charge in [0.15, 0.2) is 0 Å². The summed E-state index contributed by atoms with van der Waals surface area (Å²) in [6, 6.07) is 0. The molecule has 0 nitrogen and oxygen atoms in total. The molecule has 0 N–H and O–H groups in total. The van der Waals surface area contributed by atoms with Crippen molar-refractivity contribution in [1.82, 2.24) is 0 Å². The zero-order valence-corrected chi connectivity index (χ0v) is 6.91. The van der Waals surface area contributed by atoms with Crippen molar-refractivity contribution in [2.24, 2.45) is 0 Å². The van der Waals surface area contributed by atoms with Gasteiger partial charge in [-0.05, 0) is 6.42 Å². The van der Waals surface area contributed by atoms with Gasteiger partial charge in [-0.15, -0.1) is 28.7 Å². The Morgan fingerprint density at radius 3 is 2.14 bits per heavy atom. The molecule has 0 saturated carbocycles. The fourth-order valence-corrected chi connectivity index (χ4v) is 1.39. The lowest BCUT2D eigenvalue weighted by atomic mass is 10.5. The molecule has 0 saturated heterocycles. The molecule has 42 valence electrons. The lowest BCUT2D eigenvalue weighted by Gasteiger charge is -1.95. The average Bonchev–Trinajstić information content (AvgIpc) is 1.65. The Bertz CT molecular complexity index is 70.1. The number of allylic oxidation sites excluding steroid dienone is 1. The van der Waals surface area contributed by atoms with Crippen LogP contribution in [0.1, 0.15) is 13.3 Å². The zero-order valence-electron chi connectivity index (χ0n) is 4.25. The van der Waals surface area contributed by atoms with Gasteiger partial charge in [-0.2, -0.15) is 0 Å². The standard InChI is InChI=1S/C4H8Cl2Si/c1-3-4(2)7(5)6/h7H,2-3H2,1H3. The Hall–Kier alpha value is 0.537. The highest BCUT2D eigenvalue weighted by Gasteiger charge is 2.02. The topological polar surface area (TPSA) is 0 Å². The molecule has 3 heteroatoms. The van der Waals surface area contributed by atoms with Crippen LogP contribution < -0.4 is 0 Å². The van der Waals surface area contributed by atoms with Crippen LogP contribution >= 0.6 is 22.2 Å².